The number of ether oxygens (including phenoxy) is 2. The molecule has 0 aliphatic rings. The third kappa shape index (κ3) is 6.29. The molecule has 0 saturated carbocycles. The topological polar surface area (TPSA) is 42.8 Å². The summed E-state index contributed by atoms with van der Waals surface area (Å²) in [4.78, 5) is 0. The molecule has 0 saturated heterocycles. The van der Waals surface area contributed by atoms with Gasteiger partial charge >= 0.3 is 0 Å². The maximum atomic E-state index is 6.04. The molecule has 0 aliphatic carbocycles. The molecule has 7 heteroatoms. The van der Waals surface area contributed by atoms with E-state index in [2.05, 4.69) is 10.5 Å². The lowest BCUT2D eigenvalue weighted by atomic mass is 10.2. The molecule has 29 heavy (non-hydrogen) atoms. The van der Waals surface area contributed by atoms with E-state index in [1.807, 2.05) is 48.5 Å². The molecule has 150 valence electrons. The molecule has 0 aliphatic heterocycles. The van der Waals surface area contributed by atoms with Gasteiger partial charge in [0.05, 0.1) is 29.9 Å². The van der Waals surface area contributed by atoms with Crippen LogP contribution in [0.4, 0.5) is 0 Å². The summed E-state index contributed by atoms with van der Waals surface area (Å²) in [5.41, 5.74) is 5.90. The van der Waals surface area contributed by atoms with Crippen LogP contribution in [0, 0.1) is 0 Å². The summed E-state index contributed by atoms with van der Waals surface area (Å²) >= 11 is 17.9. The lowest BCUT2D eigenvalue weighted by molar-refractivity contribution is 0.284. The SMILES string of the molecule is COc1cc(/C=N\NCc2ccc(Cl)cc2)ccc1OCc1ccc(Cl)c(Cl)c1. The first-order valence-electron chi connectivity index (χ1n) is 8.80. The van der Waals surface area contributed by atoms with Gasteiger partial charge in [0.25, 0.3) is 0 Å². The zero-order chi connectivity index (χ0) is 20.6. The van der Waals surface area contributed by atoms with Gasteiger partial charge in [-0.15, -0.1) is 0 Å². The fraction of sp³-hybridized carbons (Fsp3) is 0.136. The van der Waals surface area contributed by atoms with Gasteiger partial charge in [0.1, 0.15) is 6.61 Å². The zero-order valence-corrected chi connectivity index (χ0v) is 17.9. The van der Waals surface area contributed by atoms with Gasteiger partial charge in [0.2, 0.25) is 0 Å². The van der Waals surface area contributed by atoms with Gasteiger partial charge in [-0.1, -0.05) is 53.0 Å². The lowest BCUT2D eigenvalue weighted by Crippen LogP contribution is -2.05. The predicted molar refractivity (Wildman–Crippen MR) is 120 cm³/mol. The van der Waals surface area contributed by atoms with Gasteiger partial charge in [0.15, 0.2) is 11.5 Å². The number of hydrogen-bond donors (Lipinski definition) is 1. The van der Waals surface area contributed by atoms with Gasteiger partial charge in [-0.2, -0.15) is 5.10 Å². The number of hydrazone groups is 1. The molecule has 0 aromatic heterocycles. The van der Waals surface area contributed by atoms with Crippen molar-refractivity contribution in [2.75, 3.05) is 7.11 Å². The Morgan fingerprint density at radius 2 is 1.62 bits per heavy atom. The molecule has 0 spiro atoms. The third-order valence-corrected chi connectivity index (χ3v) is 5.06. The van der Waals surface area contributed by atoms with Gasteiger partial charge in [-0.05, 0) is 59.2 Å². The molecule has 3 rings (SSSR count). The summed E-state index contributed by atoms with van der Waals surface area (Å²) in [6.07, 6.45) is 1.72. The minimum atomic E-state index is 0.351. The van der Waals surface area contributed by atoms with Crippen molar-refractivity contribution in [3.8, 4) is 11.5 Å². The van der Waals surface area contributed by atoms with E-state index < -0.39 is 0 Å². The van der Waals surface area contributed by atoms with E-state index in [4.69, 9.17) is 44.3 Å². The van der Waals surface area contributed by atoms with Crippen LogP contribution in [-0.2, 0) is 13.2 Å². The number of methoxy groups -OCH3 is 1. The molecule has 4 nitrogen and oxygen atoms in total. The molecule has 0 amide bonds. The first-order valence-corrected chi connectivity index (χ1v) is 9.93. The second-order valence-electron chi connectivity index (χ2n) is 6.17. The van der Waals surface area contributed by atoms with Crippen molar-refractivity contribution in [3.05, 3.63) is 92.4 Å². The van der Waals surface area contributed by atoms with Crippen molar-refractivity contribution in [3.63, 3.8) is 0 Å². The second kappa shape index (κ2) is 10.4. The van der Waals surface area contributed by atoms with E-state index in [0.29, 0.717) is 39.7 Å². The normalized spacial score (nSPS) is 10.9. The predicted octanol–water partition coefficient (Wildman–Crippen LogP) is 6.36. The molecule has 0 bridgehead atoms. The molecule has 1 N–H and O–H groups in total. The number of nitrogens with one attached hydrogen (secondary N) is 1. The fourth-order valence-electron chi connectivity index (χ4n) is 2.53. The molecule has 3 aromatic carbocycles. The second-order valence-corrected chi connectivity index (χ2v) is 7.42. The van der Waals surface area contributed by atoms with Crippen LogP contribution in [0.15, 0.2) is 65.8 Å². The summed E-state index contributed by atoms with van der Waals surface area (Å²) in [5.74, 6) is 1.25. The summed E-state index contributed by atoms with van der Waals surface area (Å²) in [5, 5.41) is 5.97. The molecule has 0 heterocycles. The molecule has 3 aromatic rings. The highest BCUT2D eigenvalue weighted by Gasteiger charge is 2.07. The van der Waals surface area contributed by atoms with Crippen LogP contribution < -0.4 is 14.9 Å². The van der Waals surface area contributed by atoms with E-state index >= 15 is 0 Å². The standard InChI is InChI=1S/C22H19Cl3N2O2/c1-28-22-11-16(13-27-26-12-15-2-6-18(23)7-3-15)5-9-21(22)29-14-17-4-8-19(24)20(25)10-17/h2-11,13,26H,12,14H2,1H3/b27-13-. The highest BCUT2D eigenvalue weighted by molar-refractivity contribution is 6.42. The minimum absolute atomic E-state index is 0.351. The van der Waals surface area contributed by atoms with Gasteiger partial charge in [-0.3, -0.25) is 0 Å². The summed E-state index contributed by atoms with van der Waals surface area (Å²) in [7, 11) is 1.60. The molecule has 0 radical (unpaired) electrons. The average Bonchev–Trinajstić information content (AvgIpc) is 2.73. The van der Waals surface area contributed by atoms with Crippen LogP contribution in [0.3, 0.4) is 0 Å². The number of halogens is 3. The van der Waals surface area contributed by atoms with Crippen molar-refractivity contribution in [1.29, 1.82) is 0 Å². The van der Waals surface area contributed by atoms with Crippen LogP contribution in [0.25, 0.3) is 0 Å². The third-order valence-electron chi connectivity index (χ3n) is 4.07. The number of hydrogen-bond acceptors (Lipinski definition) is 4. The van der Waals surface area contributed by atoms with Crippen LogP contribution in [0.1, 0.15) is 16.7 Å². The van der Waals surface area contributed by atoms with Crippen molar-refractivity contribution in [2.45, 2.75) is 13.2 Å². The first-order chi connectivity index (χ1) is 14.0. The molecular formula is C22H19Cl3N2O2. The lowest BCUT2D eigenvalue weighted by Gasteiger charge is -2.12. The van der Waals surface area contributed by atoms with Crippen LogP contribution >= 0.6 is 34.8 Å². The van der Waals surface area contributed by atoms with Crippen LogP contribution in [0.5, 0.6) is 11.5 Å². The minimum Gasteiger partial charge on any atom is -0.493 e. The Bertz CT molecular complexity index is 992. The largest absolute Gasteiger partial charge is 0.493 e. The highest BCUT2D eigenvalue weighted by Crippen LogP contribution is 2.29. The summed E-state index contributed by atoms with van der Waals surface area (Å²) in [6.45, 7) is 0.957. The Hall–Kier alpha value is -2.40. The monoisotopic (exact) mass is 448 g/mol. The van der Waals surface area contributed by atoms with E-state index in [0.717, 1.165) is 16.7 Å². The van der Waals surface area contributed by atoms with Crippen molar-refractivity contribution in [2.24, 2.45) is 5.10 Å². The quantitative estimate of drug-likeness (QED) is 0.321. The van der Waals surface area contributed by atoms with Crippen molar-refractivity contribution in [1.82, 2.24) is 5.43 Å². The fourth-order valence-corrected chi connectivity index (χ4v) is 2.98. The number of nitrogens with zero attached hydrogens (tertiary/aromatic N) is 1. The Kier molecular flexibility index (Phi) is 7.64. The number of rotatable bonds is 8. The highest BCUT2D eigenvalue weighted by atomic mass is 35.5. The van der Waals surface area contributed by atoms with Gasteiger partial charge in [-0.25, -0.2) is 0 Å². The van der Waals surface area contributed by atoms with Crippen molar-refractivity contribution >= 4 is 41.0 Å². The average molecular weight is 450 g/mol. The van der Waals surface area contributed by atoms with Crippen LogP contribution in [-0.4, -0.2) is 13.3 Å². The first kappa shape index (κ1) is 21.3. The Balaban J connectivity index is 1.58. The number of benzene rings is 3. The van der Waals surface area contributed by atoms with Gasteiger partial charge < -0.3 is 14.9 Å². The maximum Gasteiger partial charge on any atom is 0.161 e. The smallest absolute Gasteiger partial charge is 0.161 e. The van der Waals surface area contributed by atoms with E-state index in [9.17, 15) is 0 Å². The Labute approximate surface area is 185 Å². The van der Waals surface area contributed by atoms with Gasteiger partial charge in [0, 0.05) is 5.02 Å². The molecule has 0 atom stereocenters. The maximum absolute atomic E-state index is 6.04. The summed E-state index contributed by atoms with van der Waals surface area (Å²) in [6, 6.07) is 18.6. The van der Waals surface area contributed by atoms with E-state index in [1.54, 1.807) is 25.5 Å². The van der Waals surface area contributed by atoms with Crippen molar-refractivity contribution < 1.29 is 9.47 Å². The van der Waals surface area contributed by atoms with E-state index in [1.165, 1.54) is 0 Å². The Morgan fingerprint density at radius 3 is 2.34 bits per heavy atom. The molecular weight excluding hydrogens is 431 g/mol. The summed E-state index contributed by atoms with van der Waals surface area (Å²) < 4.78 is 11.3. The molecule has 0 fully saturated rings. The van der Waals surface area contributed by atoms with E-state index in [-0.39, 0.29) is 0 Å². The zero-order valence-electron chi connectivity index (χ0n) is 15.7. The van der Waals surface area contributed by atoms with Crippen LogP contribution in [0.2, 0.25) is 15.1 Å². The molecule has 0 unspecified atom stereocenters. The Morgan fingerprint density at radius 1 is 0.862 bits per heavy atom.